The predicted octanol–water partition coefficient (Wildman–Crippen LogP) is 4.55. The SMILES string of the molecule is CC.CCCN.CCOCC=O.CCc1ccc(NC(=O)CCC(C)C)cc1.CNc1ccc(CCC(=O)N2CCC2=O)cc1.NC=O.NC=O.O=CO. The van der Waals surface area contributed by atoms with Crippen molar-refractivity contribution in [3.05, 3.63) is 59.7 Å². The van der Waals surface area contributed by atoms with E-state index < -0.39 is 0 Å². The Kier molecular flexibility index (Phi) is 49.4. The number of aryl methyl sites for hydroxylation is 2. The van der Waals surface area contributed by atoms with Gasteiger partial charge in [-0.25, -0.2) is 0 Å². The quantitative estimate of drug-likeness (QED) is 0.0937. The Morgan fingerprint density at radius 3 is 1.67 bits per heavy atom. The second-order valence-corrected chi connectivity index (χ2v) is 10.7. The summed E-state index contributed by atoms with van der Waals surface area (Å²) in [6.45, 7) is 16.3. The molecular weight excluding hydrogens is 696 g/mol. The average molecular weight is 765 g/mol. The van der Waals surface area contributed by atoms with Crippen LogP contribution < -0.4 is 27.8 Å². The third-order valence-electron chi connectivity index (χ3n) is 6.29. The number of likely N-dealkylation sites (tertiary alicyclic amines) is 1. The summed E-state index contributed by atoms with van der Waals surface area (Å²) in [6, 6.07) is 16.0. The Morgan fingerprint density at radius 2 is 1.35 bits per heavy atom. The zero-order valence-corrected chi connectivity index (χ0v) is 33.7. The normalized spacial score (nSPS) is 9.89. The Bertz CT molecular complexity index is 1180. The van der Waals surface area contributed by atoms with Crippen molar-refractivity contribution in [2.24, 2.45) is 23.1 Å². The standard InChI is InChI=1S/C14H21NO.C13H16N2O2.C4H8O2.C3H9N.C2H6.2CH3NO.CH2O2/c1-4-12-6-8-13(9-7-12)15-14(16)10-5-11(2)3;1-14-11-5-2-10(3-6-11)4-7-12(16)15-9-8-13(15)17;1-2-6-4-3-5;1-2-3-4;1-2;3*2-1-3/h6-9,11H,4-5,10H2,1-3H3,(H,15,16);2-3,5-6,14H,4,7-9H2,1H3;3H,2,4H2,1H3;2-4H2,1H3;1-2H3;2*1H,(H2,2,3);1H,(H,2,3). The molecule has 0 bridgehead atoms. The van der Waals surface area contributed by atoms with E-state index in [1.54, 1.807) is 0 Å². The van der Waals surface area contributed by atoms with E-state index in [9.17, 15) is 19.2 Å². The Hall–Kier alpha value is -5.15. The fourth-order valence-corrected chi connectivity index (χ4v) is 3.44. The van der Waals surface area contributed by atoms with Gasteiger partial charge in [0.2, 0.25) is 30.5 Å². The molecule has 9 N–H and O–H groups in total. The summed E-state index contributed by atoms with van der Waals surface area (Å²) in [6.07, 6.45) is 6.52. The van der Waals surface area contributed by atoms with Crippen LogP contribution in [-0.4, -0.2) is 86.7 Å². The summed E-state index contributed by atoms with van der Waals surface area (Å²) in [4.78, 5) is 70.6. The molecule has 1 aliphatic heterocycles. The molecule has 0 aliphatic carbocycles. The lowest BCUT2D eigenvalue weighted by Gasteiger charge is -2.28. The molecule has 0 aromatic heterocycles. The lowest BCUT2D eigenvalue weighted by Crippen LogP contribution is -2.47. The van der Waals surface area contributed by atoms with Gasteiger partial charge in [0.25, 0.3) is 6.47 Å². The maximum Gasteiger partial charge on any atom is 0.290 e. The highest BCUT2D eigenvalue weighted by Crippen LogP contribution is 2.14. The fraction of sp³-hybridized carbons (Fsp3) is 0.513. The van der Waals surface area contributed by atoms with E-state index in [2.05, 4.69) is 66.7 Å². The smallest absolute Gasteiger partial charge is 0.290 e. The predicted molar refractivity (Wildman–Crippen MR) is 217 cm³/mol. The molecule has 3 rings (SSSR count). The molecular formula is C39H68N6O9. The van der Waals surface area contributed by atoms with Crippen LogP contribution in [0.4, 0.5) is 11.4 Å². The molecule has 54 heavy (non-hydrogen) atoms. The molecule has 5 amide bonds. The molecule has 0 atom stereocenters. The molecule has 2 aromatic rings. The first-order valence-corrected chi connectivity index (χ1v) is 18.0. The minimum atomic E-state index is -0.250. The number of primary amides is 2. The Morgan fingerprint density at radius 1 is 0.889 bits per heavy atom. The maximum atomic E-state index is 11.6. The van der Waals surface area contributed by atoms with Crippen LogP contribution in [0.3, 0.4) is 0 Å². The van der Waals surface area contributed by atoms with Crippen LogP contribution in [0.1, 0.15) is 91.7 Å². The molecule has 308 valence electrons. The number of rotatable bonds is 13. The number of amides is 5. The van der Waals surface area contributed by atoms with E-state index in [-0.39, 0.29) is 43.6 Å². The van der Waals surface area contributed by atoms with Crippen molar-refractivity contribution in [1.29, 1.82) is 0 Å². The molecule has 0 unspecified atom stereocenters. The average Bonchev–Trinajstić information content (AvgIpc) is 3.17. The van der Waals surface area contributed by atoms with E-state index in [1.807, 2.05) is 64.2 Å². The van der Waals surface area contributed by atoms with Gasteiger partial charge in [-0.15, -0.1) is 0 Å². The fourth-order valence-electron chi connectivity index (χ4n) is 3.44. The maximum absolute atomic E-state index is 11.6. The Labute approximate surface area is 322 Å². The summed E-state index contributed by atoms with van der Waals surface area (Å²) >= 11 is 0. The summed E-state index contributed by atoms with van der Waals surface area (Å²) in [5.41, 5.74) is 17.7. The molecule has 2 aromatic carbocycles. The van der Waals surface area contributed by atoms with Crippen molar-refractivity contribution >= 4 is 54.7 Å². The van der Waals surface area contributed by atoms with Gasteiger partial charge in [0.15, 0.2) is 0 Å². The molecule has 0 saturated carbocycles. The zero-order valence-electron chi connectivity index (χ0n) is 33.7. The van der Waals surface area contributed by atoms with Crippen molar-refractivity contribution in [2.75, 3.05) is 44.0 Å². The van der Waals surface area contributed by atoms with Crippen molar-refractivity contribution in [3.63, 3.8) is 0 Å². The van der Waals surface area contributed by atoms with Gasteiger partial charge >= 0.3 is 0 Å². The van der Waals surface area contributed by atoms with E-state index in [1.165, 1.54) is 10.5 Å². The highest BCUT2D eigenvalue weighted by molar-refractivity contribution is 5.99. The van der Waals surface area contributed by atoms with E-state index in [4.69, 9.17) is 25.2 Å². The number of aldehydes is 1. The van der Waals surface area contributed by atoms with Crippen LogP contribution in [0.15, 0.2) is 48.5 Å². The van der Waals surface area contributed by atoms with Crippen molar-refractivity contribution in [3.8, 4) is 0 Å². The summed E-state index contributed by atoms with van der Waals surface area (Å²) in [7, 11) is 1.87. The van der Waals surface area contributed by atoms with Crippen molar-refractivity contribution in [2.45, 2.75) is 93.4 Å². The summed E-state index contributed by atoms with van der Waals surface area (Å²) < 4.78 is 4.61. The highest BCUT2D eigenvalue weighted by atomic mass is 16.5. The van der Waals surface area contributed by atoms with Crippen molar-refractivity contribution in [1.82, 2.24) is 4.90 Å². The molecule has 0 radical (unpaired) electrons. The number of nitrogens with two attached hydrogens (primary N) is 3. The van der Waals surface area contributed by atoms with Crippen LogP contribution in [0.5, 0.6) is 0 Å². The molecule has 0 spiro atoms. The minimum Gasteiger partial charge on any atom is -0.483 e. The number of anilines is 2. The number of ether oxygens (including phenoxy) is 1. The molecule has 1 heterocycles. The third-order valence-corrected chi connectivity index (χ3v) is 6.29. The number of hydrogen-bond donors (Lipinski definition) is 6. The minimum absolute atomic E-state index is 0.0412. The lowest BCUT2D eigenvalue weighted by molar-refractivity contribution is -0.152. The van der Waals surface area contributed by atoms with Crippen molar-refractivity contribution < 1.29 is 43.4 Å². The molecule has 1 fully saturated rings. The van der Waals surface area contributed by atoms with Gasteiger partial charge in [-0.3, -0.25) is 33.7 Å². The number of benzene rings is 2. The van der Waals surface area contributed by atoms with Crippen LogP contribution in [0.25, 0.3) is 0 Å². The highest BCUT2D eigenvalue weighted by Gasteiger charge is 2.29. The first-order chi connectivity index (χ1) is 25.9. The van der Waals surface area contributed by atoms with Crippen LogP contribution in [0, 0.1) is 5.92 Å². The monoisotopic (exact) mass is 765 g/mol. The van der Waals surface area contributed by atoms with Gasteiger partial charge in [-0.1, -0.05) is 65.8 Å². The Balaban J connectivity index is -0.000000197. The van der Waals surface area contributed by atoms with Gasteiger partial charge in [0, 0.05) is 50.8 Å². The third kappa shape index (κ3) is 39.6. The van der Waals surface area contributed by atoms with Crippen LogP contribution >= 0.6 is 0 Å². The summed E-state index contributed by atoms with van der Waals surface area (Å²) in [5, 5.41) is 12.8. The van der Waals surface area contributed by atoms with Gasteiger partial charge in [-0.2, -0.15) is 0 Å². The molecule has 1 saturated heterocycles. The van der Waals surface area contributed by atoms with Crippen LogP contribution in [-0.2, 0) is 51.1 Å². The van der Waals surface area contributed by atoms with E-state index >= 15 is 0 Å². The second kappa shape index (κ2) is 45.9. The number of carboxylic acid groups (broad SMARTS) is 1. The van der Waals surface area contributed by atoms with Gasteiger partial charge in [-0.05, 0) is 80.5 Å². The first kappa shape index (κ1) is 58.2. The molecule has 15 heteroatoms. The number of nitrogens with zero attached hydrogens (tertiary/aromatic N) is 1. The zero-order chi connectivity index (χ0) is 42.6. The molecule has 15 nitrogen and oxygen atoms in total. The number of carbonyl (C=O) groups is 7. The van der Waals surface area contributed by atoms with Gasteiger partial charge in [0.1, 0.15) is 12.9 Å². The summed E-state index contributed by atoms with van der Waals surface area (Å²) in [5.74, 6) is 0.589. The van der Waals surface area contributed by atoms with Crippen LogP contribution in [0.2, 0.25) is 0 Å². The van der Waals surface area contributed by atoms with E-state index in [0.717, 1.165) is 49.0 Å². The molecule has 1 aliphatic rings. The van der Waals surface area contributed by atoms with Gasteiger partial charge < -0.3 is 42.5 Å². The number of carbonyl (C=O) groups excluding carboxylic acids is 6. The second-order valence-electron chi connectivity index (χ2n) is 10.7. The number of β-lactam (4-membered cyclic amide) rings is 1. The topological polar surface area (TPSA) is 254 Å². The number of nitrogens with one attached hydrogen (secondary N) is 2. The largest absolute Gasteiger partial charge is 0.483 e. The first-order valence-electron chi connectivity index (χ1n) is 18.0. The lowest BCUT2D eigenvalue weighted by atomic mass is 10.1. The van der Waals surface area contributed by atoms with E-state index in [0.29, 0.717) is 44.8 Å². The number of imide groups is 1. The number of hydrogen-bond acceptors (Lipinski definition) is 10. The van der Waals surface area contributed by atoms with Gasteiger partial charge in [0.05, 0.1) is 0 Å².